The van der Waals surface area contributed by atoms with Gasteiger partial charge in [0.15, 0.2) is 0 Å². The summed E-state index contributed by atoms with van der Waals surface area (Å²) in [4.78, 5) is 0. The molecule has 0 aromatic rings. The molecule has 0 unspecified atom stereocenters. The molecule has 0 amide bonds. The highest BCUT2D eigenvalue weighted by atomic mass is 16.5. The van der Waals surface area contributed by atoms with Crippen molar-refractivity contribution in [1.82, 2.24) is 5.32 Å². The number of rotatable bonds is 11. The minimum Gasteiger partial charge on any atom is -0.385 e. The average molecular weight is 259 g/mol. The van der Waals surface area contributed by atoms with Gasteiger partial charge in [0.1, 0.15) is 0 Å². The molecule has 108 valence electrons. The van der Waals surface area contributed by atoms with Crippen LogP contribution in [-0.4, -0.2) is 52.7 Å². The predicted molar refractivity (Wildman–Crippen MR) is 73.0 cm³/mol. The van der Waals surface area contributed by atoms with Crippen molar-refractivity contribution in [2.24, 2.45) is 0 Å². The smallest absolute Gasteiger partial charge is 0.0594 e. The van der Waals surface area contributed by atoms with E-state index >= 15 is 0 Å². The number of hydrogen-bond acceptors (Lipinski definition) is 4. The van der Waals surface area contributed by atoms with Crippen molar-refractivity contribution in [2.45, 2.75) is 44.6 Å². The van der Waals surface area contributed by atoms with E-state index in [0.717, 1.165) is 45.9 Å². The molecule has 4 nitrogen and oxygen atoms in total. The van der Waals surface area contributed by atoms with E-state index in [-0.39, 0.29) is 0 Å². The number of ether oxygens (including phenoxy) is 3. The molecule has 1 saturated carbocycles. The minimum absolute atomic E-state index is 0.519. The zero-order valence-electron chi connectivity index (χ0n) is 11.8. The lowest BCUT2D eigenvalue weighted by atomic mass is 9.98. The van der Waals surface area contributed by atoms with E-state index in [1.165, 1.54) is 32.1 Å². The Bertz CT molecular complexity index is 172. The third-order valence-electron chi connectivity index (χ3n) is 3.24. The lowest BCUT2D eigenvalue weighted by Crippen LogP contribution is -2.27. The van der Waals surface area contributed by atoms with Crippen LogP contribution in [0.4, 0.5) is 0 Å². The topological polar surface area (TPSA) is 39.7 Å². The summed E-state index contributed by atoms with van der Waals surface area (Å²) in [7, 11) is 1.72. The molecule has 0 saturated heterocycles. The fourth-order valence-corrected chi connectivity index (χ4v) is 2.21. The molecule has 0 spiro atoms. The van der Waals surface area contributed by atoms with Crippen LogP contribution in [0, 0.1) is 0 Å². The maximum atomic E-state index is 5.82. The van der Waals surface area contributed by atoms with Gasteiger partial charge in [-0.3, -0.25) is 0 Å². The molecule has 0 heterocycles. The van der Waals surface area contributed by atoms with E-state index in [2.05, 4.69) is 5.32 Å². The van der Waals surface area contributed by atoms with Gasteiger partial charge >= 0.3 is 0 Å². The quantitative estimate of drug-likeness (QED) is 0.576. The second-order valence-electron chi connectivity index (χ2n) is 4.84. The van der Waals surface area contributed by atoms with Crippen molar-refractivity contribution in [3.05, 3.63) is 0 Å². The van der Waals surface area contributed by atoms with E-state index < -0.39 is 0 Å². The van der Waals surface area contributed by atoms with Crippen molar-refractivity contribution < 1.29 is 14.2 Å². The molecule has 0 radical (unpaired) electrons. The zero-order valence-corrected chi connectivity index (χ0v) is 11.8. The minimum atomic E-state index is 0.519. The lowest BCUT2D eigenvalue weighted by molar-refractivity contribution is 0.0293. The number of nitrogens with one attached hydrogen (secondary N) is 1. The van der Waals surface area contributed by atoms with Crippen LogP contribution < -0.4 is 5.32 Å². The van der Waals surface area contributed by atoms with Crippen LogP contribution in [0.1, 0.15) is 38.5 Å². The highest BCUT2D eigenvalue weighted by molar-refractivity contribution is 4.65. The maximum absolute atomic E-state index is 5.82. The van der Waals surface area contributed by atoms with Crippen LogP contribution in [0.3, 0.4) is 0 Å². The van der Waals surface area contributed by atoms with Gasteiger partial charge in [-0.1, -0.05) is 19.3 Å². The number of methoxy groups -OCH3 is 1. The van der Waals surface area contributed by atoms with E-state index in [1.54, 1.807) is 7.11 Å². The predicted octanol–water partition coefficient (Wildman–Crippen LogP) is 1.98. The van der Waals surface area contributed by atoms with Crippen molar-refractivity contribution in [1.29, 1.82) is 0 Å². The van der Waals surface area contributed by atoms with Crippen LogP contribution in [0.25, 0.3) is 0 Å². The fraction of sp³-hybridized carbons (Fsp3) is 1.00. The summed E-state index contributed by atoms with van der Waals surface area (Å²) in [6.45, 7) is 5.00. The maximum Gasteiger partial charge on any atom is 0.0594 e. The molecule has 0 bridgehead atoms. The molecule has 1 aliphatic carbocycles. The summed E-state index contributed by atoms with van der Waals surface area (Å²) in [6, 6.07) is 0. The molecule has 4 heteroatoms. The Morgan fingerprint density at radius 1 is 0.944 bits per heavy atom. The molecule has 0 aliphatic heterocycles. The van der Waals surface area contributed by atoms with Crippen LogP contribution >= 0.6 is 0 Å². The van der Waals surface area contributed by atoms with Gasteiger partial charge < -0.3 is 19.5 Å². The Balaban J connectivity index is 1.73. The average Bonchev–Trinajstić information content (AvgIpc) is 2.42. The third-order valence-corrected chi connectivity index (χ3v) is 3.24. The highest BCUT2D eigenvalue weighted by Crippen LogP contribution is 2.19. The molecular weight excluding hydrogens is 230 g/mol. The Morgan fingerprint density at radius 2 is 1.72 bits per heavy atom. The van der Waals surface area contributed by atoms with Crippen molar-refractivity contribution in [3.8, 4) is 0 Å². The van der Waals surface area contributed by atoms with E-state index in [4.69, 9.17) is 14.2 Å². The summed E-state index contributed by atoms with van der Waals surface area (Å²) in [6.07, 6.45) is 8.07. The Labute approximate surface area is 111 Å². The van der Waals surface area contributed by atoms with E-state index in [0.29, 0.717) is 6.10 Å². The van der Waals surface area contributed by atoms with Gasteiger partial charge in [-0.25, -0.2) is 0 Å². The summed E-state index contributed by atoms with van der Waals surface area (Å²) in [5, 5.41) is 3.33. The summed E-state index contributed by atoms with van der Waals surface area (Å²) >= 11 is 0. The van der Waals surface area contributed by atoms with Crippen LogP contribution in [-0.2, 0) is 14.2 Å². The Morgan fingerprint density at radius 3 is 2.50 bits per heavy atom. The molecule has 1 fully saturated rings. The molecule has 0 aromatic heterocycles. The van der Waals surface area contributed by atoms with Crippen molar-refractivity contribution >= 4 is 0 Å². The van der Waals surface area contributed by atoms with Gasteiger partial charge in [-0.15, -0.1) is 0 Å². The molecule has 0 aromatic carbocycles. The first-order valence-electron chi connectivity index (χ1n) is 7.32. The van der Waals surface area contributed by atoms with Gasteiger partial charge in [0, 0.05) is 33.4 Å². The lowest BCUT2D eigenvalue weighted by Gasteiger charge is -2.22. The van der Waals surface area contributed by atoms with E-state index in [1.807, 2.05) is 0 Å². The zero-order chi connectivity index (χ0) is 12.9. The first-order valence-corrected chi connectivity index (χ1v) is 7.32. The molecule has 18 heavy (non-hydrogen) atoms. The van der Waals surface area contributed by atoms with Crippen molar-refractivity contribution in [2.75, 3.05) is 46.6 Å². The first kappa shape index (κ1) is 15.9. The molecule has 1 aliphatic rings. The first-order chi connectivity index (χ1) is 8.93. The summed E-state index contributed by atoms with van der Waals surface area (Å²) < 4.78 is 16.2. The second kappa shape index (κ2) is 11.9. The molecule has 1 N–H and O–H groups in total. The molecular formula is C14H29NO3. The van der Waals surface area contributed by atoms with E-state index in [9.17, 15) is 0 Å². The third kappa shape index (κ3) is 8.86. The van der Waals surface area contributed by atoms with Crippen LogP contribution in [0.5, 0.6) is 0 Å². The normalized spacial score (nSPS) is 17.2. The summed E-state index contributed by atoms with van der Waals surface area (Å²) in [5.74, 6) is 0. The Kier molecular flexibility index (Phi) is 10.5. The largest absolute Gasteiger partial charge is 0.385 e. The van der Waals surface area contributed by atoms with Gasteiger partial charge in [0.2, 0.25) is 0 Å². The Hall–Kier alpha value is -0.160. The van der Waals surface area contributed by atoms with Crippen LogP contribution in [0.15, 0.2) is 0 Å². The van der Waals surface area contributed by atoms with Crippen molar-refractivity contribution in [3.63, 3.8) is 0 Å². The standard InChI is InChI=1S/C14H29NO3/c1-16-10-5-11-17-12-8-15-9-13-18-14-6-3-2-4-7-14/h14-15H,2-13H2,1H3. The highest BCUT2D eigenvalue weighted by Gasteiger charge is 2.12. The molecule has 1 rings (SSSR count). The number of hydrogen-bond donors (Lipinski definition) is 1. The van der Waals surface area contributed by atoms with Gasteiger partial charge in [-0.05, 0) is 19.3 Å². The fourth-order valence-electron chi connectivity index (χ4n) is 2.21. The van der Waals surface area contributed by atoms with Crippen LogP contribution in [0.2, 0.25) is 0 Å². The second-order valence-corrected chi connectivity index (χ2v) is 4.84. The molecule has 0 atom stereocenters. The summed E-state index contributed by atoms with van der Waals surface area (Å²) in [5.41, 5.74) is 0. The van der Waals surface area contributed by atoms with Gasteiger partial charge in [-0.2, -0.15) is 0 Å². The SMILES string of the molecule is COCCCOCCNCCOC1CCCCC1. The van der Waals surface area contributed by atoms with Gasteiger partial charge in [0.25, 0.3) is 0 Å². The van der Waals surface area contributed by atoms with Gasteiger partial charge in [0.05, 0.1) is 19.3 Å². The monoisotopic (exact) mass is 259 g/mol.